The first kappa shape index (κ1) is 21.2. The van der Waals surface area contributed by atoms with Gasteiger partial charge in [0.1, 0.15) is 12.2 Å². The highest BCUT2D eigenvalue weighted by molar-refractivity contribution is 5.67. The Balaban J connectivity index is 2.14. The number of amides is 1. The molecule has 0 unspecified atom stereocenters. The van der Waals surface area contributed by atoms with Crippen molar-refractivity contribution in [2.24, 2.45) is 0 Å². The van der Waals surface area contributed by atoms with Crippen LogP contribution >= 0.6 is 0 Å². The van der Waals surface area contributed by atoms with E-state index in [4.69, 9.17) is 14.2 Å². The van der Waals surface area contributed by atoms with Crippen LogP contribution in [0, 0.1) is 5.82 Å². The third-order valence-corrected chi connectivity index (χ3v) is 3.22. The molecule has 0 spiro atoms. The summed E-state index contributed by atoms with van der Waals surface area (Å²) in [4.78, 5) is 11.4. The molecule has 0 saturated carbocycles. The van der Waals surface area contributed by atoms with Gasteiger partial charge in [-0.3, -0.25) is 0 Å². The first-order valence-electron chi connectivity index (χ1n) is 8.77. The fraction of sp³-hybridized carbons (Fsp3) is 0.632. The van der Waals surface area contributed by atoms with Gasteiger partial charge in [0.15, 0.2) is 11.6 Å². The summed E-state index contributed by atoms with van der Waals surface area (Å²) in [7, 11) is 0. The minimum Gasteiger partial charge on any atom is -0.488 e. The van der Waals surface area contributed by atoms with Crippen LogP contribution in [0.5, 0.6) is 5.75 Å². The monoisotopic (exact) mass is 355 g/mol. The lowest BCUT2D eigenvalue weighted by molar-refractivity contribution is 0.0488. The zero-order valence-electron chi connectivity index (χ0n) is 15.7. The Labute approximate surface area is 149 Å². The molecule has 1 amide bonds. The molecule has 0 aliphatic heterocycles. The predicted octanol–water partition coefficient (Wildman–Crippen LogP) is 4.09. The molecule has 0 saturated heterocycles. The van der Waals surface area contributed by atoms with Crippen molar-refractivity contribution < 1.29 is 23.4 Å². The Kier molecular flexibility index (Phi) is 9.27. The number of hydrogen-bond acceptors (Lipinski definition) is 4. The quantitative estimate of drug-likeness (QED) is 0.642. The summed E-state index contributed by atoms with van der Waals surface area (Å²) in [6.07, 6.45) is 2.53. The van der Waals surface area contributed by atoms with E-state index < -0.39 is 11.7 Å². The standard InChI is InChI=1S/C19H30FNO4/c1-5-6-7-15-8-9-17(16(20)14-15)24-13-12-23-11-10-21-18(22)25-19(2,3)4/h8-9,14H,5-7,10-13H2,1-4H3,(H,21,22). The Morgan fingerprint density at radius 2 is 1.96 bits per heavy atom. The molecule has 1 aromatic rings. The van der Waals surface area contributed by atoms with E-state index in [1.165, 1.54) is 6.07 Å². The lowest BCUT2D eigenvalue weighted by atomic mass is 10.1. The maximum absolute atomic E-state index is 13.9. The molecule has 1 rings (SSSR count). The average molecular weight is 355 g/mol. The number of ether oxygens (including phenoxy) is 3. The Morgan fingerprint density at radius 1 is 1.20 bits per heavy atom. The average Bonchev–Trinajstić information content (AvgIpc) is 2.51. The number of benzene rings is 1. The largest absolute Gasteiger partial charge is 0.488 e. The van der Waals surface area contributed by atoms with Crippen molar-refractivity contribution in [1.82, 2.24) is 5.32 Å². The molecular weight excluding hydrogens is 325 g/mol. The van der Waals surface area contributed by atoms with Crippen molar-refractivity contribution >= 4 is 6.09 Å². The summed E-state index contributed by atoms with van der Waals surface area (Å²) < 4.78 is 29.7. The normalized spacial score (nSPS) is 11.2. The van der Waals surface area contributed by atoms with E-state index in [2.05, 4.69) is 12.2 Å². The van der Waals surface area contributed by atoms with E-state index in [0.29, 0.717) is 19.8 Å². The highest BCUT2D eigenvalue weighted by atomic mass is 19.1. The van der Waals surface area contributed by atoms with E-state index in [1.807, 2.05) is 6.07 Å². The number of unbranched alkanes of at least 4 members (excludes halogenated alkanes) is 1. The van der Waals surface area contributed by atoms with Crippen molar-refractivity contribution in [1.29, 1.82) is 0 Å². The van der Waals surface area contributed by atoms with Crippen molar-refractivity contribution in [2.45, 2.75) is 52.6 Å². The smallest absolute Gasteiger partial charge is 0.407 e. The molecule has 0 aliphatic rings. The number of carbonyl (C=O) groups is 1. The van der Waals surface area contributed by atoms with Gasteiger partial charge < -0.3 is 19.5 Å². The number of carbonyl (C=O) groups excluding carboxylic acids is 1. The lowest BCUT2D eigenvalue weighted by Crippen LogP contribution is -2.34. The van der Waals surface area contributed by atoms with Crippen LogP contribution in [0.15, 0.2) is 18.2 Å². The van der Waals surface area contributed by atoms with E-state index in [0.717, 1.165) is 24.8 Å². The van der Waals surface area contributed by atoms with Crippen LogP contribution in [0.25, 0.3) is 0 Å². The lowest BCUT2D eigenvalue weighted by Gasteiger charge is -2.19. The highest BCUT2D eigenvalue weighted by Gasteiger charge is 2.15. The van der Waals surface area contributed by atoms with Crippen molar-refractivity contribution in [3.8, 4) is 5.75 Å². The maximum atomic E-state index is 13.9. The molecule has 0 heterocycles. The van der Waals surface area contributed by atoms with Crippen LogP contribution in [0.1, 0.15) is 46.1 Å². The summed E-state index contributed by atoms with van der Waals surface area (Å²) in [5.74, 6) is -0.115. The number of halogens is 1. The Bertz CT molecular complexity index is 529. The van der Waals surface area contributed by atoms with E-state index in [9.17, 15) is 9.18 Å². The third kappa shape index (κ3) is 9.92. The molecule has 6 heteroatoms. The van der Waals surface area contributed by atoms with Crippen LogP contribution in [-0.4, -0.2) is 38.1 Å². The molecule has 0 fully saturated rings. The topological polar surface area (TPSA) is 56.8 Å². The number of alkyl carbamates (subject to hydrolysis) is 1. The number of rotatable bonds is 10. The molecule has 142 valence electrons. The highest BCUT2D eigenvalue weighted by Crippen LogP contribution is 2.19. The predicted molar refractivity (Wildman–Crippen MR) is 95.6 cm³/mol. The van der Waals surface area contributed by atoms with Crippen LogP contribution < -0.4 is 10.1 Å². The van der Waals surface area contributed by atoms with Gasteiger partial charge in [0.25, 0.3) is 0 Å². The number of aryl methyl sites for hydroxylation is 1. The third-order valence-electron chi connectivity index (χ3n) is 3.22. The van der Waals surface area contributed by atoms with Crippen LogP contribution in [0.2, 0.25) is 0 Å². The zero-order chi connectivity index (χ0) is 18.7. The number of nitrogens with one attached hydrogen (secondary N) is 1. The number of hydrogen-bond donors (Lipinski definition) is 1. The van der Waals surface area contributed by atoms with Gasteiger partial charge in [-0.15, -0.1) is 0 Å². The second-order valence-corrected chi connectivity index (χ2v) is 6.76. The molecule has 0 atom stereocenters. The molecular formula is C19H30FNO4. The van der Waals surface area contributed by atoms with Gasteiger partial charge in [-0.05, 0) is 51.3 Å². The van der Waals surface area contributed by atoms with Crippen molar-refractivity contribution in [3.05, 3.63) is 29.6 Å². The fourth-order valence-corrected chi connectivity index (χ4v) is 2.05. The molecule has 0 aromatic heterocycles. The second-order valence-electron chi connectivity index (χ2n) is 6.76. The summed E-state index contributed by atoms with van der Waals surface area (Å²) in [6.45, 7) is 8.75. The SMILES string of the molecule is CCCCc1ccc(OCCOCCNC(=O)OC(C)(C)C)c(F)c1. The van der Waals surface area contributed by atoms with Crippen molar-refractivity contribution in [3.63, 3.8) is 0 Å². The summed E-state index contributed by atoms with van der Waals surface area (Å²) in [5.41, 5.74) is 0.464. The van der Waals surface area contributed by atoms with Gasteiger partial charge in [-0.1, -0.05) is 19.4 Å². The van der Waals surface area contributed by atoms with Gasteiger partial charge in [0.05, 0.1) is 13.2 Å². The molecule has 0 bridgehead atoms. The van der Waals surface area contributed by atoms with Gasteiger partial charge in [0, 0.05) is 6.54 Å². The maximum Gasteiger partial charge on any atom is 0.407 e. The van der Waals surface area contributed by atoms with Gasteiger partial charge in [0.2, 0.25) is 0 Å². The minimum atomic E-state index is -0.519. The van der Waals surface area contributed by atoms with Crippen molar-refractivity contribution in [2.75, 3.05) is 26.4 Å². The molecule has 5 nitrogen and oxygen atoms in total. The van der Waals surface area contributed by atoms with Crippen LogP contribution in [0.3, 0.4) is 0 Å². The van der Waals surface area contributed by atoms with E-state index in [1.54, 1.807) is 26.8 Å². The molecule has 25 heavy (non-hydrogen) atoms. The zero-order valence-corrected chi connectivity index (χ0v) is 15.7. The first-order valence-corrected chi connectivity index (χ1v) is 8.77. The van der Waals surface area contributed by atoms with Crippen LogP contribution in [-0.2, 0) is 15.9 Å². The van der Waals surface area contributed by atoms with E-state index in [-0.39, 0.29) is 18.2 Å². The summed E-state index contributed by atoms with van der Waals surface area (Å²) >= 11 is 0. The van der Waals surface area contributed by atoms with Gasteiger partial charge in [-0.25, -0.2) is 9.18 Å². The Hall–Kier alpha value is -1.82. The molecule has 0 aliphatic carbocycles. The van der Waals surface area contributed by atoms with E-state index >= 15 is 0 Å². The molecule has 1 aromatic carbocycles. The van der Waals surface area contributed by atoms with Gasteiger partial charge >= 0.3 is 6.09 Å². The molecule has 0 radical (unpaired) electrons. The summed E-state index contributed by atoms with van der Waals surface area (Å²) in [6, 6.07) is 5.07. The Morgan fingerprint density at radius 3 is 2.60 bits per heavy atom. The minimum absolute atomic E-state index is 0.232. The molecule has 1 N–H and O–H groups in total. The summed E-state index contributed by atoms with van der Waals surface area (Å²) in [5, 5.41) is 2.59. The fourth-order valence-electron chi connectivity index (χ4n) is 2.05. The van der Waals surface area contributed by atoms with Crippen LogP contribution in [0.4, 0.5) is 9.18 Å². The van der Waals surface area contributed by atoms with Gasteiger partial charge in [-0.2, -0.15) is 0 Å². The second kappa shape index (κ2) is 10.9. The first-order chi connectivity index (χ1) is 11.8.